The zero-order valence-corrected chi connectivity index (χ0v) is 37.5. The van der Waals surface area contributed by atoms with Gasteiger partial charge in [0.15, 0.2) is 0 Å². The molecule has 3 aliphatic carbocycles. The maximum atomic E-state index is 14.9. The molecule has 0 bridgehead atoms. The van der Waals surface area contributed by atoms with Crippen molar-refractivity contribution in [2.45, 2.75) is 144 Å². The van der Waals surface area contributed by atoms with Gasteiger partial charge in [0.1, 0.15) is 18.3 Å². The van der Waals surface area contributed by atoms with E-state index in [9.17, 15) is 28.8 Å². The standard InChI is InChI=1S/C44H71N9O7/c1-10-51-17-19-52(20-18-51)32(54)22-28-25-60-39(47-28)46-24-31(40(2,3)4)49-38(59)50-34(41(5,6)7)37(58)53-26-44(42(8,9)43(44)15-12-16-43)23-30(53)36(57)48-29(33(55)35(45)56)21-27-13-11-14-27/h25,27,29-31,34H,10-24,26H2,1-9H3,(H2,45,56)(H,46,47)(H,48,57)(H2,49,50,59)/t29?,30-,31+,34+,44+/m0/s1. The lowest BCUT2D eigenvalue weighted by Gasteiger charge is -2.37. The van der Waals surface area contributed by atoms with Crippen molar-refractivity contribution < 1.29 is 33.2 Å². The Morgan fingerprint density at radius 2 is 1.58 bits per heavy atom. The van der Waals surface area contributed by atoms with Crippen molar-refractivity contribution >= 4 is 41.5 Å². The highest BCUT2D eigenvalue weighted by Crippen LogP contribution is 2.88. The fourth-order valence-corrected chi connectivity index (χ4v) is 10.8. The lowest BCUT2D eigenvalue weighted by atomic mass is 9.73. The number of nitrogens with two attached hydrogens (primary N) is 1. The van der Waals surface area contributed by atoms with E-state index < -0.39 is 58.6 Å². The van der Waals surface area contributed by atoms with E-state index in [1.807, 2.05) is 46.4 Å². The Labute approximate surface area is 355 Å². The summed E-state index contributed by atoms with van der Waals surface area (Å²) in [6.07, 6.45) is 8.39. The Kier molecular flexibility index (Phi) is 12.8. The van der Waals surface area contributed by atoms with Crippen LogP contribution in [0.4, 0.5) is 10.8 Å². The highest BCUT2D eigenvalue weighted by atomic mass is 16.4. The van der Waals surface area contributed by atoms with Crippen molar-refractivity contribution in [3.63, 3.8) is 0 Å². The van der Waals surface area contributed by atoms with Crippen LogP contribution < -0.4 is 27.0 Å². The normalized spacial score (nSPS) is 25.1. The van der Waals surface area contributed by atoms with Gasteiger partial charge in [0.05, 0.1) is 24.2 Å². The van der Waals surface area contributed by atoms with E-state index in [2.05, 4.69) is 51.9 Å². The first kappa shape index (κ1) is 45.3. The number of fused-ring (bicyclic) bond motifs is 1. The van der Waals surface area contributed by atoms with E-state index >= 15 is 0 Å². The number of carbonyl (C=O) groups is 6. The zero-order valence-electron chi connectivity index (χ0n) is 37.5. The van der Waals surface area contributed by atoms with Crippen LogP contribution >= 0.6 is 0 Å². The molecular weight excluding hydrogens is 767 g/mol. The molecule has 1 aromatic heterocycles. The average Bonchev–Trinajstić information content (AvgIpc) is 3.54. The minimum Gasteiger partial charge on any atom is -0.432 e. The minimum atomic E-state index is -1.09. The number of nitrogens with zero attached hydrogens (tertiary/aromatic N) is 4. The van der Waals surface area contributed by atoms with Gasteiger partial charge in [-0.1, -0.05) is 88.0 Å². The van der Waals surface area contributed by atoms with Gasteiger partial charge in [0.2, 0.25) is 23.5 Å². The van der Waals surface area contributed by atoms with Gasteiger partial charge in [-0.2, -0.15) is 4.98 Å². The summed E-state index contributed by atoms with van der Waals surface area (Å²) in [4.78, 5) is 91.6. The average molecular weight is 838 g/mol. The number of likely N-dealkylation sites (N-methyl/N-ethyl adjacent to an activating group) is 1. The zero-order chi connectivity index (χ0) is 44.0. The Bertz CT molecular complexity index is 1800. The van der Waals surface area contributed by atoms with Crippen LogP contribution in [0.25, 0.3) is 0 Å². The summed E-state index contributed by atoms with van der Waals surface area (Å²) in [6, 6.07) is -3.72. The van der Waals surface area contributed by atoms with Crippen LogP contribution in [0.3, 0.4) is 0 Å². The Hall–Kier alpha value is -4.21. The van der Waals surface area contributed by atoms with E-state index in [0.29, 0.717) is 38.2 Å². The number of rotatable bonds is 15. The molecule has 334 valence electrons. The molecular formula is C44H71N9O7. The topological polar surface area (TPSA) is 212 Å². The molecule has 0 aromatic carbocycles. The Morgan fingerprint density at radius 1 is 0.917 bits per heavy atom. The molecule has 2 saturated heterocycles. The smallest absolute Gasteiger partial charge is 0.315 e. The van der Waals surface area contributed by atoms with Gasteiger partial charge in [-0.3, -0.25) is 24.0 Å². The maximum absolute atomic E-state index is 14.9. The molecule has 1 unspecified atom stereocenters. The van der Waals surface area contributed by atoms with Crippen molar-refractivity contribution in [3.8, 4) is 0 Å². The molecule has 6 rings (SSSR count). The second-order valence-electron chi connectivity index (χ2n) is 21.0. The van der Waals surface area contributed by atoms with Crippen LogP contribution in [0.15, 0.2) is 10.7 Å². The van der Waals surface area contributed by atoms with Gasteiger partial charge in [0, 0.05) is 44.7 Å². The summed E-state index contributed by atoms with van der Waals surface area (Å²) in [7, 11) is 0. The molecule has 0 radical (unpaired) electrons. The molecule has 60 heavy (non-hydrogen) atoms. The van der Waals surface area contributed by atoms with Gasteiger partial charge >= 0.3 is 6.03 Å². The molecule has 6 N–H and O–H groups in total. The largest absolute Gasteiger partial charge is 0.432 e. The minimum absolute atomic E-state index is 0.00484. The number of urea groups is 1. The Morgan fingerprint density at radius 3 is 2.10 bits per heavy atom. The van der Waals surface area contributed by atoms with Gasteiger partial charge in [0.25, 0.3) is 11.9 Å². The monoisotopic (exact) mass is 838 g/mol. The molecule has 3 saturated carbocycles. The number of anilines is 1. The van der Waals surface area contributed by atoms with Crippen molar-refractivity contribution in [1.29, 1.82) is 0 Å². The maximum Gasteiger partial charge on any atom is 0.315 e. The molecule has 6 amide bonds. The second kappa shape index (κ2) is 16.9. The summed E-state index contributed by atoms with van der Waals surface area (Å²) in [5.74, 6) is -2.54. The van der Waals surface area contributed by atoms with Gasteiger partial charge in [-0.05, 0) is 59.8 Å². The number of likely N-dealkylation sites (tertiary alicyclic amines) is 1. The predicted octanol–water partition coefficient (Wildman–Crippen LogP) is 3.45. The van der Waals surface area contributed by atoms with Crippen LogP contribution in [-0.2, 0) is 30.4 Å². The summed E-state index contributed by atoms with van der Waals surface area (Å²) in [5.41, 5.74) is 4.38. The lowest BCUT2D eigenvalue weighted by molar-refractivity contribution is -0.143. The molecule has 1 aromatic rings. The number of Topliss-reactive ketones (excluding diaryl/α,β-unsaturated/α-hetero) is 1. The number of hydrogen-bond acceptors (Lipinski definition) is 10. The molecule has 5 fully saturated rings. The Balaban J connectivity index is 1.14. The number of ketones is 1. The highest BCUT2D eigenvalue weighted by Gasteiger charge is 2.85. The summed E-state index contributed by atoms with van der Waals surface area (Å²) < 4.78 is 5.67. The number of amides is 6. The molecule has 2 aliphatic heterocycles. The first-order valence-electron chi connectivity index (χ1n) is 22.2. The third kappa shape index (κ3) is 8.76. The fraction of sp³-hybridized carbons (Fsp3) is 0.795. The SMILES string of the molecule is CCN1CCN(C(=O)Cc2coc(NC[C@@H](NC(=O)N[C@H](C(=O)N3C[C@]4(C[C@H]3C(=O)NC(CC3CCC3)C(=O)C(N)=O)C(C)(C)C43CCC3)C(C)(C)C)C(C)(C)C)n2)CC1. The van der Waals surface area contributed by atoms with E-state index in [1.54, 1.807) is 4.90 Å². The van der Waals surface area contributed by atoms with Crippen LogP contribution in [0.1, 0.15) is 119 Å². The molecule has 16 heteroatoms. The third-order valence-corrected chi connectivity index (χ3v) is 15.3. The van der Waals surface area contributed by atoms with Crippen molar-refractivity contribution in [2.75, 3.05) is 51.1 Å². The van der Waals surface area contributed by atoms with Crippen LogP contribution in [-0.4, -0.2) is 125 Å². The van der Waals surface area contributed by atoms with Gasteiger partial charge in [-0.15, -0.1) is 0 Å². The number of hydrogen-bond donors (Lipinski definition) is 5. The van der Waals surface area contributed by atoms with Crippen LogP contribution in [0.2, 0.25) is 0 Å². The number of piperazine rings is 1. The van der Waals surface area contributed by atoms with Gasteiger partial charge in [-0.25, -0.2) is 4.79 Å². The number of carbonyl (C=O) groups excluding carboxylic acids is 6. The van der Waals surface area contributed by atoms with E-state index in [4.69, 9.17) is 10.2 Å². The second-order valence-corrected chi connectivity index (χ2v) is 21.0. The van der Waals surface area contributed by atoms with Crippen molar-refractivity contribution in [3.05, 3.63) is 12.0 Å². The number of nitrogens with one attached hydrogen (secondary N) is 4. The van der Waals surface area contributed by atoms with E-state index in [1.165, 1.54) is 6.26 Å². The van der Waals surface area contributed by atoms with Crippen LogP contribution in [0.5, 0.6) is 0 Å². The van der Waals surface area contributed by atoms with Gasteiger partial charge < -0.3 is 46.1 Å². The first-order chi connectivity index (χ1) is 28.0. The summed E-state index contributed by atoms with van der Waals surface area (Å²) in [5, 5.41) is 12.1. The van der Waals surface area contributed by atoms with Crippen molar-refractivity contribution in [2.24, 2.45) is 38.7 Å². The number of oxazole rings is 1. The summed E-state index contributed by atoms with van der Waals surface area (Å²) >= 11 is 0. The molecule has 2 spiro atoms. The number of aromatic nitrogens is 1. The molecule has 16 nitrogen and oxygen atoms in total. The van der Waals surface area contributed by atoms with Crippen LogP contribution in [0, 0.1) is 33.0 Å². The summed E-state index contributed by atoms with van der Waals surface area (Å²) in [6.45, 7) is 22.8. The molecule has 5 atom stereocenters. The molecule has 3 heterocycles. The lowest BCUT2D eigenvalue weighted by Crippen LogP contribution is -2.61. The number of primary amides is 1. The fourth-order valence-electron chi connectivity index (χ4n) is 10.8. The predicted molar refractivity (Wildman–Crippen MR) is 226 cm³/mol. The highest BCUT2D eigenvalue weighted by molar-refractivity contribution is 6.37. The van der Waals surface area contributed by atoms with E-state index in [-0.39, 0.29) is 53.0 Å². The van der Waals surface area contributed by atoms with Crippen molar-refractivity contribution in [1.82, 2.24) is 35.6 Å². The third-order valence-electron chi connectivity index (χ3n) is 15.3. The first-order valence-corrected chi connectivity index (χ1v) is 22.2. The quantitative estimate of drug-likeness (QED) is 0.163. The molecule has 5 aliphatic rings. The van der Waals surface area contributed by atoms with E-state index in [0.717, 1.165) is 58.2 Å².